The fraction of sp³-hybridized carbons (Fsp3) is 0.294. The second-order valence-electron chi connectivity index (χ2n) is 5.98. The molecule has 4 nitrogen and oxygen atoms in total. The van der Waals surface area contributed by atoms with E-state index in [4.69, 9.17) is 23.2 Å². The monoisotopic (exact) mass is 394 g/mol. The SMILES string of the molecule is Cc1nc2cc(F)c(-c3cnc(P4CCCC4)nc3)nc2c(Cl)c1Cl. The summed E-state index contributed by atoms with van der Waals surface area (Å²) in [7, 11) is -0.256. The first-order valence-corrected chi connectivity index (χ1v) is 10.4. The molecule has 128 valence electrons. The highest BCUT2D eigenvalue weighted by atomic mass is 35.5. The van der Waals surface area contributed by atoms with E-state index in [0.29, 0.717) is 27.3 Å². The summed E-state index contributed by atoms with van der Waals surface area (Å²) in [4.78, 5) is 17.5. The summed E-state index contributed by atoms with van der Waals surface area (Å²) in [6.07, 6.45) is 8.11. The first-order chi connectivity index (χ1) is 12.0. The van der Waals surface area contributed by atoms with Crippen LogP contribution in [-0.2, 0) is 0 Å². The molecule has 1 aliphatic rings. The van der Waals surface area contributed by atoms with E-state index in [-0.39, 0.29) is 18.6 Å². The lowest BCUT2D eigenvalue weighted by molar-refractivity contribution is 0.628. The molecular formula is C17H14Cl2FN4P. The fourth-order valence-electron chi connectivity index (χ4n) is 2.94. The van der Waals surface area contributed by atoms with Gasteiger partial charge >= 0.3 is 0 Å². The zero-order valence-corrected chi connectivity index (χ0v) is 15.8. The Morgan fingerprint density at radius 3 is 2.40 bits per heavy atom. The van der Waals surface area contributed by atoms with Gasteiger partial charge in [0.2, 0.25) is 0 Å². The molecule has 1 saturated heterocycles. The van der Waals surface area contributed by atoms with Crippen molar-refractivity contribution in [2.24, 2.45) is 0 Å². The third-order valence-electron chi connectivity index (χ3n) is 4.26. The third-order valence-corrected chi connectivity index (χ3v) is 7.70. The predicted molar refractivity (Wildman–Crippen MR) is 101 cm³/mol. The summed E-state index contributed by atoms with van der Waals surface area (Å²) in [6.45, 7) is 1.72. The highest BCUT2D eigenvalue weighted by Gasteiger charge is 2.20. The molecule has 4 rings (SSSR count). The summed E-state index contributed by atoms with van der Waals surface area (Å²) in [5, 5.41) is 0.604. The molecule has 0 N–H and O–H groups in total. The molecule has 1 aliphatic heterocycles. The van der Waals surface area contributed by atoms with Gasteiger partial charge in [-0.25, -0.2) is 24.3 Å². The van der Waals surface area contributed by atoms with Crippen LogP contribution < -0.4 is 5.57 Å². The normalized spacial score (nSPS) is 15.2. The van der Waals surface area contributed by atoms with Crippen molar-refractivity contribution >= 4 is 47.7 Å². The van der Waals surface area contributed by atoms with Crippen LogP contribution in [0.25, 0.3) is 22.3 Å². The van der Waals surface area contributed by atoms with E-state index in [1.165, 1.54) is 31.2 Å². The van der Waals surface area contributed by atoms with Crippen molar-refractivity contribution < 1.29 is 4.39 Å². The molecule has 1 fully saturated rings. The fourth-order valence-corrected chi connectivity index (χ4v) is 5.63. The van der Waals surface area contributed by atoms with Gasteiger partial charge < -0.3 is 0 Å². The van der Waals surface area contributed by atoms with Crippen LogP contribution in [0.15, 0.2) is 18.5 Å². The molecule has 0 radical (unpaired) electrons. The van der Waals surface area contributed by atoms with Gasteiger partial charge in [-0.2, -0.15) is 0 Å². The van der Waals surface area contributed by atoms with Gasteiger partial charge in [0.05, 0.1) is 21.3 Å². The van der Waals surface area contributed by atoms with Gasteiger partial charge in [0, 0.05) is 24.0 Å². The highest BCUT2D eigenvalue weighted by Crippen LogP contribution is 2.41. The van der Waals surface area contributed by atoms with Gasteiger partial charge in [-0.15, -0.1) is 0 Å². The van der Waals surface area contributed by atoms with Crippen molar-refractivity contribution in [3.05, 3.63) is 40.0 Å². The predicted octanol–water partition coefficient (Wildman–Crippen LogP) is 4.74. The van der Waals surface area contributed by atoms with Crippen LogP contribution in [0.5, 0.6) is 0 Å². The van der Waals surface area contributed by atoms with Crippen LogP contribution in [0, 0.1) is 12.7 Å². The largest absolute Gasteiger partial charge is 0.250 e. The average Bonchev–Trinajstić information content (AvgIpc) is 3.14. The van der Waals surface area contributed by atoms with E-state index < -0.39 is 5.82 Å². The molecule has 0 amide bonds. The topological polar surface area (TPSA) is 51.6 Å². The summed E-state index contributed by atoms with van der Waals surface area (Å²) in [5.74, 6) is -0.485. The van der Waals surface area contributed by atoms with Crippen molar-refractivity contribution in [3.63, 3.8) is 0 Å². The van der Waals surface area contributed by atoms with Crippen LogP contribution in [0.4, 0.5) is 4.39 Å². The molecule has 8 heteroatoms. The maximum Gasteiger partial charge on any atom is 0.151 e. The van der Waals surface area contributed by atoms with Crippen molar-refractivity contribution in [3.8, 4) is 11.3 Å². The molecule has 0 aliphatic carbocycles. The van der Waals surface area contributed by atoms with E-state index in [1.54, 1.807) is 19.3 Å². The average molecular weight is 395 g/mol. The zero-order chi connectivity index (χ0) is 17.6. The molecule has 4 heterocycles. The lowest BCUT2D eigenvalue weighted by Gasteiger charge is -2.10. The quantitative estimate of drug-likeness (QED) is 0.588. The lowest BCUT2D eigenvalue weighted by Crippen LogP contribution is -2.12. The van der Waals surface area contributed by atoms with Crippen molar-refractivity contribution in [2.45, 2.75) is 19.8 Å². The second-order valence-corrected chi connectivity index (χ2v) is 9.11. The van der Waals surface area contributed by atoms with Gasteiger partial charge in [-0.1, -0.05) is 23.2 Å². The van der Waals surface area contributed by atoms with Crippen LogP contribution >= 0.6 is 31.1 Å². The smallest absolute Gasteiger partial charge is 0.151 e. The number of rotatable bonds is 2. The standard InChI is InChI=1S/C17H14Cl2FN4P/c1-9-13(18)14(19)16-12(23-9)6-11(20)15(24-16)10-7-21-17(22-8-10)25-4-2-3-5-25/h6-8H,2-5H2,1H3. The summed E-state index contributed by atoms with van der Waals surface area (Å²) in [5.41, 5.74) is 2.85. The number of aryl methyl sites for hydroxylation is 1. The number of nitrogens with zero attached hydrogens (tertiary/aromatic N) is 4. The number of pyridine rings is 2. The van der Waals surface area contributed by atoms with Gasteiger partial charge in [-0.05, 0) is 40.0 Å². The van der Waals surface area contributed by atoms with Crippen LogP contribution in [-0.4, -0.2) is 32.3 Å². The van der Waals surface area contributed by atoms with E-state index >= 15 is 0 Å². The Morgan fingerprint density at radius 2 is 1.72 bits per heavy atom. The van der Waals surface area contributed by atoms with Crippen LogP contribution in [0.3, 0.4) is 0 Å². The lowest BCUT2D eigenvalue weighted by atomic mass is 10.2. The van der Waals surface area contributed by atoms with Crippen molar-refractivity contribution in [2.75, 3.05) is 12.3 Å². The number of hydrogen-bond acceptors (Lipinski definition) is 4. The second kappa shape index (κ2) is 6.71. The Morgan fingerprint density at radius 1 is 1.04 bits per heavy atom. The molecule has 25 heavy (non-hydrogen) atoms. The van der Waals surface area contributed by atoms with E-state index in [0.717, 1.165) is 5.57 Å². The maximum atomic E-state index is 14.5. The molecule has 3 aromatic rings. The van der Waals surface area contributed by atoms with E-state index in [2.05, 4.69) is 19.9 Å². The van der Waals surface area contributed by atoms with Crippen molar-refractivity contribution in [1.82, 2.24) is 19.9 Å². The summed E-state index contributed by atoms with van der Waals surface area (Å²) >= 11 is 12.4. The molecule has 0 bridgehead atoms. The minimum Gasteiger partial charge on any atom is -0.250 e. The first kappa shape index (κ1) is 17.0. The molecule has 0 saturated carbocycles. The van der Waals surface area contributed by atoms with Gasteiger partial charge in [0.1, 0.15) is 16.8 Å². The maximum absolute atomic E-state index is 14.5. The Balaban J connectivity index is 1.79. The summed E-state index contributed by atoms with van der Waals surface area (Å²) in [6, 6.07) is 1.32. The third kappa shape index (κ3) is 3.10. The van der Waals surface area contributed by atoms with E-state index in [9.17, 15) is 4.39 Å². The van der Waals surface area contributed by atoms with Crippen LogP contribution in [0.1, 0.15) is 18.5 Å². The molecule has 0 atom stereocenters. The number of fused-ring (bicyclic) bond motifs is 1. The van der Waals surface area contributed by atoms with Crippen LogP contribution in [0.2, 0.25) is 10.0 Å². The molecule has 3 aromatic heterocycles. The molecule has 0 unspecified atom stereocenters. The Labute approximate surface area is 155 Å². The Hall–Kier alpha value is -1.42. The number of aromatic nitrogens is 4. The van der Waals surface area contributed by atoms with Crippen molar-refractivity contribution in [1.29, 1.82) is 0 Å². The minimum atomic E-state index is -0.485. The Bertz CT molecular complexity index is 959. The Kier molecular flexibility index (Phi) is 4.57. The molecule has 0 aromatic carbocycles. The van der Waals surface area contributed by atoms with Gasteiger partial charge in [-0.3, -0.25) is 0 Å². The number of halogens is 3. The molecule has 0 spiro atoms. The van der Waals surface area contributed by atoms with E-state index in [1.807, 2.05) is 0 Å². The van der Waals surface area contributed by atoms with Gasteiger partial charge in [0.15, 0.2) is 5.82 Å². The zero-order valence-electron chi connectivity index (χ0n) is 13.4. The first-order valence-electron chi connectivity index (χ1n) is 7.94. The summed E-state index contributed by atoms with van der Waals surface area (Å²) < 4.78 is 14.5. The molecular weight excluding hydrogens is 381 g/mol. The minimum absolute atomic E-state index is 0.155. The highest BCUT2D eigenvalue weighted by molar-refractivity contribution is 7.65. The van der Waals surface area contributed by atoms with Gasteiger partial charge in [0.25, 0.3) is 0 Å². The number of hydrogen-bond donors (Lipinski definition) is 0.